The summed E-state index contributed by atoms with van der Waals surface area (Å²) < 4.78 is 5.50. The molecule has 0 aromatic rings. The molecule has 4 nitrogen and oxygen atoms in total. The third-order valence-corrected chi connectivity index (χ3v) is 4.42. The van der Waals surface area contributed by atoms with Crippen molar-refractivity contribution in [3.8, 4) is 0 Å². The molecule has 2 aliphatic heterocycles. The molecular weight excluding hydrogens is 228 g/mol. The molecule has 4 heteroatoms. The van der Waals surface area contributed by atoms with Gasteiger partial charge in [0.05, 0.1) is 12.0 Å². The lowest BCUT2D eigenvalue weighted by molar-refractivity contribution is -0.138. The van der Waals surface area contributed by atoms with Gasteiger partial charge in [0.25, 0.3) is 0 Å². The van der Waals surface area contributed by atoms with Crippen LogP contribution in [0.15, 0.2) is 0 Å². The topological polar surface area (TPSA) is 41.6 Å². The minimum absolute atomic E-state index is 0.110. The van der Waals surface area contributed by atoms with E-state index in [0.29, 0.717) is 5.91 Å². The molecule has 0 bridgehead atoms. The van der Waals surface area contributed by atoms with E-state index in [0.717, 1.165) is 51.4 Å². The Morgan fingerprint density at radius 3 is 2.61 bits per heavy atom. The zero-order valence-corrected chi connectivity index (χ0v) is 11.7. The molecule has 2 aliphatic rings. The Kier molecular flexibility index (Phi) is 5.01. The van der Waals surface area contributed by atoms with E-state index in [2.05, 4.69) is 10.2 Å². The first-order valence-electron chi connectivity index (χ1n) is 7.27. The summed E-state index contributed by atoms with van der Waals surface area (Å²) in [4.78, 5) is 14.4. The van der Waals surface area contributed by atoms with Gasteiger partial charge in [0.2, 0.25) is 5.91 Å². The van der Waals surface area contributed by atoms with Crippen molar-refractivity contribution in [2.75, 3.05) is 33.3 Å². The van der Waals surface area contributed by atoms with Crippen LogP contribution in [-0.2, 0) is 9.53 Å². The maximum Gasteiger partial charge on any atom is 0.228 e. The molecule has 18 heavy (non-hydrogen) atoms. The quantitative estimate of drug-likeness (QED) is 0.821. The number of nitrogens with one attached hydrogen (secondary N) is 1. The summed E-state index contributed by atoms with van der Waals surface area (Å²) in [7, 11) is 2.00. The summed E-state index contributed by atoms with van der Waals surface area (Å²) in [5, 5.41) is 3.20. The first-order chi connectivity index (χ1) is 8.72. The molecule has 0 aromatic heterocycles. The first-order valence-corrected chi connectivity index (χ1v) is 7.27. The average molecular weight is 254 g/mol. The monoisotopic (exact) mass is 254 g/mol. The molecule has 2 unspecified atom stereocenters. The number of hydrogen-bond donors (Lipinski definition) is 1. The van der Waals surface area contributed by atoms with E-state index in [9.17, 15) is 4.79 Å². The Labute approximate surface area is 110 Å². The second-order valence-electron chi connectivity index (χ2n) is 5.63. The predicted octanol–water partition coefficient (Wildman–Crippen LogP) is 1.26. The Morgan fingerprint density at radius 2 is 2.06 bits per heavy atom. The third-order valence-electron chi connectivity index (χ3n) is 4.42. The summed E-state index contributed by atoms with van der Waals surface area (Å²) >= 11 is 0. The maximum atomic E-state index is 12.4. The van der Waals surface area contributed by atoms with E-state index in [-0.39, 0.29) is 12.0 Å². The Balaban J connectivity index is 1.77. The number of nitrogens with zero attached hydrogens (tertiary/aromatic N) is 1. The maximum absolute atomic E-state index is 12.4. The van der Waals surface area contributed by atoms with E-state index >= 15 is 0 Å². The molecule has 1 N–H and O–H groups in total. The molecule has 2 atom stereocenters. The second-order valence-corrected chi connectivity index (χ2v) is 5.63. The molecule has 104 valence electrons. The van der Waals surface area contributed by atoms with Crippen molar-refractivity contribution in [3.05, 3.63) is 0 Å². The summed E-state index contributed by atoms with van der Waals surface area (Å²) in [5.74, 6) is 1.23. The van der Waals surface area contributed by atoms with Crippen molar-refractivity contribution < 1.29 is 9.53 Å². The van der Waals surface area contributed by atoms with Gasteiger partial charge in [-0.05, 0) is 52.1 Å². The van der Waals surface area contributed by atoms with Crippen LogP contribution >= 0.6 is 0 Å². The molecular formula is C14H26N2O2. The summed E-state index contributed by atoms with van der Waals surface area (Å²) in [6.07, 6.45) is 4.57. The molecule has 0 saturated carbocycles. The number of rotatable bonds is 4. The average Bonchev–Trinajstić information content (AvgIpc) is 2.82. The normalized spacial score (nSPS) is 29.8. The number of carbonyl (C=O) groups excluding carboxylic acids is 1. The van der Waals surface area contributed by atoms with Crippen LogP contribution in [0.5, 0.6) is 0 Å². The molecule has 0 radical (unpaired) electrons. The number of piperidine rings is 1. The van der Waals surface area contributed by atoms with Gasteiger partial charge in [-0.15, -0.1) is 0 Å². The molecule has 2 saturated heterocycles. The van der Waals surface area contributed by atoms with Crippen LogP contribution in [0, 0.1) is 11.8 Å². The van der Waals surface area contributed by atoms with Gasteiger partial charge in [0.1, 0.15) is 0 Å². The summed E-state index contributed by atoms with van der Waals surface area (Å²) in [6, 6.07) is 0. The minimum Gasteiger partial charge on any atom is -0.378 e. The van der Waals surface area contributed by atoms with Crippen LogP contribution in [0.3, 0.4) is 0 Å². The van der Waals surface area contributed by atoms with Crippen LogP contribution < -0.4 is 5.32 Å². The van der Waals surface area contributed by atoms with Crippen molar-refractivity contribution in [2.24, 2.45) is 11.8 Å². The van der Waals surface area contributed by atoms with E-state index in [4.69, 9.17) is 4.74 Å². The summed E-state index contributed by atoms with van der Waals surface area (Å²) in [6.45, 7) is 5.74. The lowest BCUT2D eigenvalue weighted by Gasteiger charge is -2.34. The lowest BCUT2D eigenvalue weighted by atomic mass is 9.92. The number of amides is 1. The van der Waals surface area contributed by atoms with Crippen molar-refractivity contribution in [3.63, 3.8) is 0 Å². The van der Waals surface area contributed by atoms with Gasteiger partial charge in [-0.2, -0.15) is 0 Å². The zero-order chi connectivity index (χ0) is 13.0. The van der Waals surface area contributed by atoms with Gasteiger partial charge >= 0.3 is 0 Å². The highest BCUT2D eigenvalue weighted by atomic mass is 16.5. The minimum atomic E-state index is 0.110. The molecule has 1 amide bonds. The molecule has 2 rings (SSSR count). The first kappa shape index (κ1) is 13.8. The van der Waals surface area contributed by atoms with Gasteiger partial charge in [-0.25, -0.2) is 0 Å². The van der Waals surface area contributed by atoms with Crippen molar-refractivity contribution in [2.45, 2.75) is 38.7 Å². The third kappa shape index (κ3) is 3.23. The highest BCUT2D eigenvalue weighted by Gasteiger charge is 2.34. The van der Waals surface area contributed by atoms with E-state index in [1.54, 1.807) is 0 Å². The number of ether oxygens (including phenoxy) is 1. The molecule has 0 aromatic carbocycles. The largest absolute Gasteiger partial charge is 0.378 e. The van der Waals surface area contributed by atoms with Crippen molar-refractivity contribution in [1.29, 1.82) is 0 Å². The Morgan fingerprint density at radius 1 is 1.33 bits per heavy atom. The van der Waals surface area contributed by atoms with E-state index in [1.165, 1.54) is 6.42 Å². The standard InChI is InChI=1S/C14H26N2O2/c1-11-13(6-10-18-11)14(17)16-8-4-12(5-9-16)3-7-15-2/h11-13,15H,3-10H2,1-2H3. The highest BCUT2D eigenvalue weighted by molar-refractivity contribution is 5.79. The molecule has 2 heterocycles. The number of carbonyl (C=O) groups is 1. The van der Waals surface area contributed by atoms with Gasteiger partial charge in [0, 0.05) is 19.7 Å². The number of hydrogen-bond acceptors (Lipinski definition) is 3. The van der Waals surface area contributed by atoms with Crippen molar-refractivity contribution in [1.82, 2.24) is 10.2 Å². The fourth-order valence-corrected chi connectivity index (χ4v) is 3.08. The SMILES string of the molecule is CNCCC1CCN(C(=O)C2CCOC2C)CC1. The highest BCUT2D eigenvalue weighted by Crippen LogP contribution is 2.26. The Hall–Kier alpha value is -0.610. The van der Waals surface area contributed by atoms with Crippen LogP contribution in [0.25, 0.3) is 0 Å². The van der Waals surface area contributed by atoms with Crippen molar-refractivity contribution >= 4 is 5.91 Å². The predicted molar refractivity (Wildman–Crippen MR) is 71.4 cm³/mol. The van der Waals surface area contributed by atoms with Gasteiger partial charge < -0.3 is 15.0 Å². The molecule has 0 spiro atoms. The molecule has 2 fully saturated rings. The smallest absolute Gasteiger partial charge is 0.228 e. The second kappa shape index (κ2) is 6.53. The van der Waals surface area contributed by atoms with Crippen LogP contribution in [-0.4, -0.2) is 50.2 Å². The zero-order valence-electron chi connectivity index (χ0n) is 11.7. The van der Waals surface area contributed by atoms with Gasteiger partial charge in [0.15, 0.2) is 0 Å². The van der Waals surface area contributed by atoms with Crippen LogP contribution in [0.4, 0.5) is 0 Å². The fraction of sp³-hybridized carbons (Fsp3) is 0.929. The van der Waals surface area contributed by atoms with Crippen LogP contribution in [0.1, 0.15) is 32.6 Å². The Bertz CT molecular complexity index is 275. The van der Waals surface area contributed by atoms with Gasteiger partial charge in [-0.1, -0.05) is 0 Å². The van der Waals surface area contributed by atoms with E-state index < -0.39 is 0 Å². The lowest BCUT2D eigenvalue weighted by Crippen LogP contribution is -2.43. The molecule has 0 aliphatic carbocycles. The van der Waals surface area contributed by atoms with Crippen LogP contribution in [0.2, 0.25) is 0 Å². The fourth-order valence-electron chi connectivity index (χ4n) is 3.08. The number of likely N-dealkylation sites (tertiary alicyclic amines) is 1. The van der Waals surface area contributed by atoms with Gasteiger partial charge in [-0.3, -0.25) is 4.79 Å². The van der Waals surface area contributed by atoms with E-state index in [1.807, 2.05) is 14.0 Å². The summed E-state index contributed by atoms with van der Waals surface area (Å²) in [5.41, 5.74) is 0.